The number of rotatable bonds is 3. The van der Waals surface area contributed by atoms with Crippen LogP contribution in [0.3, 0.4) is 0 Å². The normalized spacial score (nSPS) is 12.1. The van der Waals surface area contributed by atoms with E-state index in [0.717, 1.165) is 4.88 Å². The molecular weight excluding hydrogens is 234 g/mol. The van der Waals surface area contributed by atoms with E-state index in [1.165, 1.54) is 6.20 Å². The van der Waals surface area contributed by atoms with Crippen molar-refractivity contribution < 1.29 is 4.79 Å². The van der Waals surface area contributed by atoms with E-state index in [2.05, 4.69) is 10.3 Å². The number of carbonyl (C=O) groups excluding carboxylic acids is 1. The molecule has 5 heteroatoms. The highest BCUT2D eigenvalue weighted by Crippen LogP contribution is 2.18. The van der Waals surface area contributed by atoms with Gasteiger partial charge in [-0.25, -0.2) is 4.98 Å². The number of pyridine rings is 1. The van der Waals surface area contributed by atoms with Crippen LogP contribution in [-0.2, 0) is 0 Å². The fourth-order valence-corrected chi connectivity index (χ4v) is 2.15. The third kappa shape index (κ3) is 2.82. The van der Waals surface area contributed by atoms with Crippen LogP contribution in [0.5, 0.6) is 0 Å². The minimum Gasteiger partial charge on any atom is -0.397 e. The molecule has 3 N–H and O–H groups in total. The third-order valence-electron chi connectivity index (χ3n) is 2.34. The highest BCUT2D eigenvalue weighted by molar-refractivity contribution is 7.10. The summed E-state index contributed by atoms with van der Waals surface area (Å²) in [6.07, 6.45) is 1.48. The second-order valence-corrected chi connectivity index (χ2v) is 4.67. The van der Waals surface area contributed by atoms with E-state index in [9.17, 15) is 4.79 Å². The first-order valence-corrected chi connectivity index (χ1v) is 6.10. The fraction of sp³-hybridized carbons (Fsp3) is 0.167. The van der Waals surface area contributed by atoms with Gasteiger partial charge in [-0.2, -0.15) is 0 Å². The van der Waals surface area contributed by atoms with E-state index in [1.54, 1.807) is 23.5 Å². The molecule has 0 saturated carbocycles. The van der Waals surface area contributed by atoms with Crippen molar-refractivity contribution >= 4 is 22.9 Å². The van der Waals surface area contributed by atoms with Crippen molar-refractivity contribution in [2.75, 3.05) is 5.73 Å². The molecule has 88 valence electrons. The van der Waals surface area contributed by atoms with Gasteiger partial charge in [-0.05, 0) is 30.5 Å². The van der Waals surface area contributed by atoms with Gasteiger partial charge in [-0.15, -0.1) is 11.3 Å². The molecule has 2 aromatic rings. The van der Waals surface area contributed by atoms with Crippen LogP contribution in [0.1, 0.15) is 28.3 Å². The summed E-state index contributed by atoms with van der Waals surface area (Å²) < 4.78 is 0. The van der Waals surface area contributed by atoms with Crippen LogP contribution in [0.4, 0.5) is 5.69 Å². The molecule has 0 aliphatic heterocycles. The van der Waals surface area contributed by atoms with Gasteiger partial charge in [-0.3, -0.25) is 4.79 Å². The zero-order valence-corrected chi connectivity index (χ0v) is 10.2. The highest BCUT2D eigenvalue weighted by atomic mass is 32.1. The van der Waals surface area contributed by atoms with Crippen molar-refractivity contribution in [3.8, 4) is 0 Å². The maximum Gasteiger partial charge on any atom is 0.270 e. The molecule has 0 aliphatic rings. The molecular formula is C12H13N3OS. The average molecular weight is 247 g/mol. The molecule has 0 aromatic carbocycles. The van der Waals surface area contributed by atoms with Gasteiger partial charge in [0.25, 0.3) is 5.91 Å². The molecule has 2 heterocycles. The second-order valence-electron chi connectivity index (χ2n) is 3.69. The van der Waals surface area contributed by atoms with Crippen LogP contribution in [0, 0.1) is 0 Å². The quantitative estimate of drug-likeness (QED) is 0.873. The minimum absolute atomic E-state index is 0.0122. The zero-order valence-electron chi connectivity index (χ0n) is 9.38. The van der Waals surface area contributed by atoms with Gasteiger partial charge in [0.1, 0.15) is 5.69 Å². The van der Waals surface area contributed by atoms with Crippen molar-refractivity contribution in [1.29, 1.82) is 0 Å². The standard InChI is InChI=1S/C12H13N3OS/c1-8(11-3-2-6-17-11)15-12(16)10-5-4-9(13)7-14-10/h2-8H,13H2,1H3,(H,15,16). The summed E-state index contributed by atoms with van der Waals surface area (Å²) in [4.78, 5) is 16.9. The number of anilines is 1. The lowest BCUT2D eigenvalue weighted by Crippen LogP contribution is -2.26. The lowest BCUT2D eigenvalue weighted by atomic mass is 10.2. The maximum absolute atomic E-state index is 11.9. The monoisotopic (exact) mass is 247 g/mol. The lowest BCUT2D eigenvalue weighted by Gasteiger charge is -2.11. The minimum atomic E-state index is -0.189. The van der Waals surface area contributed by atoms with E-state index < -0.39 is 0 Å². The van der Waals surface area contributed by atoms with Crippen LogP contribution >= 0.6 is 11.3 Å². The Morgan fingerprint density at radius 2 is 2.29 bits per heavy atom. The molecule has 0 saturated heterocycles. The Balaban J connectivity index is 2.04. The Kier molecular flexibility index (Phi) is 3.39. The van der Waals surface area contributed by atoms with Gasteiger partial charge in [0.2, 0.25) is 0 Å². The number of hydrogen-bond donors (Lipinski definition) is 2. The number of aromatic nitrogens is 1. The number of hydrogen-bond acceptors (Lipinski definition) is 4. The van der Waals surface area contributed by atoms with Gasteiger partial charge in [0.05, 0.1) is 17.9 Å². The van der Waals surface area contributed by atoms with E-state index >= 15 is 0 Å². The van der Waals surface area contributed by atoms with E-state index in [-0.39, 0.29) is 11.9 Å². The van der Waals surface area contributed by atoms with Gasteiger partial charge in [-0.1, -0.05) is 6.07 Å². The molecule has 0 aliphatic carbocycles. The third-order valence-corrected chi connectivity index (χ3v) is 3.39. The van der Waals surface area contributed by atoms with Crippen LogP contribution < -0.4 is 11.1 Å². The van der Waals surface area contributed by atoms with Gasteiger partial charge >= 0.3 is 0 Å². The second kappa shape index (κ2) is 4.97. The van der Waals surface area contributed by atoms with Gasteiger partial charge in [0.15, 0.2) is 0 Å². The predicted octanol–water partition coefficient (Wildman–Crippen LogP) is 2.22. The number of nitrogens with zero attached hydrogens (tertiary/aromatic N) is 1. The Hall–Kier alpha value is -1.88. The number of nitrogen functional groups attached to an aromatic ring is 1. The number of nitrogens with two attached hydrogens (primary N) is 1. The Morgan fingerprint density at radius 1 is 1.47 bits per heavy atom. The summed E-state index contributed by atoms with van der Waals surface area (Å²) in [6.45, 7) is 1.95. The van der Waals surface area contributed by atoms with Gasteiger partial charge < -0.3 is 11.1 Å². The molecule has 4 nitrogen and oxygen atoms in total. The fourth-order valence-electron chi connectivity index (χ4n) is 1.42. The van der Waals surface area contributed by atoms with Crippen LogP contribution in [0.25, 0.3) is 0 Å². The summed E-state index contributed by atoms with van der Waals surface area (Å²) in [7, 11) is 0. The lowest BCUT2D eigenvalue weighted by molar-refractivity contribution is 0.0935. The summed E-state index contributed by atoms with van der Waals surface area (Å²) in [5.41, 5.74) is 6.44. The summed E-state index contributed by atoms with van der Waals surface area (Å²) in [5, 5.41) is 4.87. The summed E-state index contributed by atoms with van der Waals surface area (Å²) in [6, 6.07) is 7.22. The van der Waals surface area contributed by atoms with Crippen LogP contribution in [0.15, 0.2) is 35.8 Å². The predicted molar refractivity (Wildman–Crippen MR) is 68.8 cm³/mol. The van der Waals surface area contributed by atoms with Crippen molar-refractivity contribution in [3.05, 3.63) is 46.4 Å². The summed E-state index contributed by atoms with van der Waals surface area (Å²) >= 11 is 1.62. The highest BCUT2D eigenvalue weighted by Gasteiger charge is 2.12. The topological polar surface area (TPSA) is 68.0 Å². The molecule has 1 amide bonds. The first-order valence-electron chi connectivity index (χ1n) is 5.22. The molecule has 0 radical (unpaired) electrons. The first-order chi connectivity index (χ1) is 8.16. The average Bonchev–Trinajstić information content (AvgIpc) is 2.83. The number of nitrogens with one attached hydrogen (secondary N) is 1. The molecule has 1 unspecified atom stereocenters. The molecule has 1 atom stereocenters. The molecule has 2 aromatic heterocycles. The Labute approximate surface area is 103 Å². The largest absolute Gasteiger partial charge is 0.397 e. The van der Waals surface area contributed by atoms with E-state index in [1.807, 2.05) is 24.4 Å². The molecule has 0 fully saturated rings. The van der Waals surface area contributed by atoms with Crippen molar-refractivity contribution in [3.63, 3.8) is 0 Å². The Morgan fingerprint density at radius 3 is 2.88 bits per heavy atom. The molecule has 2 rings (SSSR count). The summed E-state index contributed by atoms with van der Waals surface area (Å²) in [5.74, 6) is -0.189. The number of amides is 1. The van der Waals surface area contributed by atoms with Crippen molar-refractivity contribution in [2.24, 2.45) is 0 Å². The molecule has 17 heavy (non-hydrogen) atoms. The zero-order chi connectivity index (χ0) is 12.3. The van der Waals surface area contributed by atoms with E-state index in [4.69, 9.17) is 5.73 Å². The SMILES string of the molecule is CC(NC(=O)c1ccc(N)cn1)c1cccs1. The maximum atomic E-state index is 11.9. The molecule has 0 spiro atoms. The van der Waals surface area contributed by atoms with Gasteiger partial charge in [0, 0.05) is 4.88 Å². The van der Waals surface area contributed by atoms with Crippen LogP contribution in [-0.4, -0.2) is 10.9 Å². The number of carbonyl (C=O) groups is 1. The number of thiophene rings is 1. The van der Waals surface area contributed by atoms with Crippen molar-refractivity contribution in [1.82, 2.24) is 10.3 Å². The molecule has 0 bridgehead atoms. The Bertz CT molecular complexity index is 493. The first kappa shape index (κ1) is 11.6. The van der Waals surface area contributed by atoms with Crippen molar-refractivity contribution in [2.45, 2.75) is 13.0 Å². The van der Waals surface area contributed by atoms with Crippen LogP contribution in [0.2, 0.25) is 0 Å². The van der Waals surface area contributed by atoms with E-state index in [0.29, 0.717) is 11.4 Å². The smallest absolute Gasteiger partial charge is 0.270 e.